The number of benzene rings is 1. The highest BCUT2D eigenvalue weighted by Gasteiger charge is 2.12. The third kappa shape index (κ3) is 7.91. The zero-order valence-electron chi connectivity index (χ0n) is 14.3. The highest BCUT2D eigenvalue weighted by molar-refractivity contribution is 5.97. The van der Waals surface area contributed by atoms with Gasteiger partial charge >= 0.3 is 0 Å². The lowest BCUT2D eigenvalue weighted by Crippen LogP contribution is -2.24. The van der Waals surface area contributed by atoms with Crippen molar-refractivity contribution in [2.24, 2.45) is 0 Å². The van der Waals surface area contributed by atoms with Crippen LogP contribution in [-0.2, 0) is 0 Å². The van der Waals surface area contributed by atoms with Gasteiger partial charge in [-0.1, -0.05) is 70.8 Å². The Hall–Kier alpha value is -1.71. The van der Waals surface area contributed by atoms with E-state index in [9.17, 15) is 15.0 Å². The number of carbonyl (C=O) groups is 1. The fourth-order valence-electron chi connectivity index (χ4n) is 2.62. The van der Waals surface area contributed by atoms with Gasteiger partial charge in [-0.3, -0.25) is 4.79 Å². The Kier molecular flexibility index (Phi) is 9.92. The average Bonchev–Trinajstić information content (AvgIpc) is 2.55. The van der Waals surface area contributed by atoms with Crippen molar-refractivity contribution in [2.75, 3.05) is 6.54 Å². The lowest BCUT2D eigenvalue weighted by atomic mass is 10.1. The maximum atomic E-state index is 11.9. The van der Waals surface area contributed by atoms with Crippen molar-refractivity contribution >= 4 is 5.91 Å². The van der Waals surface area contributed by atoms with Crippen LogP contribution in [-0.4, -0.2) is 22.7 Å². The third-order valence-electron chi connectivity index (χ3n) is 4.08. The quantitative estimate of drug-likeness (QED) is 0.384. The molecule has 0 radical (unpaired) electrons. The molecule has 0 atom stereocenters. The van der Waals surface area contributed by atoms with E-state index in [0.29, 0.717) is 6.54 Å². The van der Waals surface area contributed by atoms with Gasteiger partial charge in [-0.05, 0) is 18.6 Å². The molecule has 23 heavy (non-hydrogen) atoms. The predicted molar refractivity (Wildman–Crippen MR) is 93.9 cm³/mol. The molecule has 0 aliphatic carbocycles. The van der Waals surface area contributed by atoms with Crippen LogP contribution in [0.1, 0.15) is 81.5 Å². The molecule has 0 aromatic heterocycles. The second kappa shape index (κ2) is 11.8. The van der Waals surface area contributed by atoms with E-state index >= 15 is 0 Å². The summed E-state index contributed by atoms with van der Waals surface area (Å²) in [6.45, 7) is 2.84. The van der Waals surface area contributed by atoms with E-state index in [2.05, 4.69) is 12.2 Å². The van der Waals surface area contributed by atoms with Gasteiger partial charge in [0.25, 0.3) is 5.91 Å². The molecule has 0 saturated carbocycles. The zero-order chi connectivity index (χ0) is 16.9. The minimum atomic E-state index is -0.354. The van der Waals surface area contributed by atoms with Crippen LogP contribution in [0.25, 0.3) is 0 Å². The summed E-state index contributed by atoms with van der Waals surface area (Å²) in [5.41, 5.74) is 0.122. The Bertz CT molecular complexity index is 460. The summed E-state index contributed by atoms with van der Waals surface area (Å²) in [4.78, 5) is 11.9. The molecule has 3 N–H and O–H groups in total. The smallest absolute Gasteiger partial charge is 0.255 e. The van der Waals surface area contributed by atoms with Crippen molar-refractivity contribution < 1.29 is 15.0 Å². The molecule has 1 rings (SSSR count). The molecule has 0 aliphatic rings. The fourth-order valence-corrected chi connectivity index (χ4v) is 2.62. The zero-order valence-corrected chi connectivity index (χ0v) is 14.3. The Labute approximate surface area is 139 Å². The number of amides is 1. The number of para-hydroxylation sites is 1. The second-order valence-corrected chi connectivity index (χ2v) is 6.11. The van der Waals surface area contributed by atoms with Gasteiger partial charge < -0.3 is 15.5 Å². The Morgan fingerprint density at radius 2 is 1.48 bits per heavy atom. The molecule has 0 aliphatic heterocycles. The largest absolute Gasteiger partial charge is 0.504 e. The summed E-state index contributed by atoms with van der Waals surface area (Å²) >= 11 is 0. The monoisotopic (exact) mass is 321 g/mol. The van der Waals surface area contributed by atoms with E-state index in [4.69, 9.17) is 0 Å². The molecule has 4 nitrogen and oxygen atoms in total. The summed E-state index contributed by atoms with van der Waals surface area (Å²) in [5.74, 6) is -0.959. The van der Waals surface area contributed by atoms with Gasteiger partial charge in [0.2, 0.25) is 0 Å². The molecule has 0 bridgehead atoms. The number of hydrogen-bond donors (Lipinski definition) is 3. The molecule has 0 unspecified atom stereocenters. The van der Waals surface area contributed by atoms with Crippen LogP contribution in [0.2, 0.25) is 0 Å². The molecule has 0 fully saturated rings. The number of nitrogens with one attached hydrogen (secondary N) is 1. The van der Waals surface area contributed by atoms with Gasteiger partial charge in [0.15, 0.2) is 11.5 Å². The number of carbonyl (C=O) groups excluding carboxylic acids is 1. The van der Waals surface area contributed by atoms with Crippen LogP contribution < -0.4 is 5.32 Å². The van der Waals surface area contributed by atoms with Crippen LogP contribution in [0.4, 0.5) is 0 Å². The van der Waals surface area contributed by atoms with Gasteiger partial charge in [-0.15, -0.1) is 0 Å². The first-order chi connectivity index (χ1) is 11.2. The van der Waals surface area contributed by atoms with Crippen molar-refractivity contribution in [1.82, 2.24) is 5.32 Å². The molecule has 1 aromatic carbocycles. The highest BCUT2D eigenvalue weighted by atomic mass is 16.3. The minimum Gasteiger partial charge on any atom is -0.504 e. The van der Waals surface area contributed by atoms with Crippen LogP contribution >= 0.6 is 0 Å². The lowest BCUT2D eigenvalue weighted by Gasteiger charge is -2.07. The molecular formula is C19H31NO3. The third-order valence-corrected chi connectivity index (χ3v) is 4.08. The summed E-state index contributed by atoms with van der Waals surface area (Å²) in [6, 6.07) is 4.40. The SMILES string of the molecule is CCCCCCCCCCCCNC(=O)c1cccc(O)c1O. The number of phenolic OH excluding ortho intramolecular Hbond substituents is 2. The van der Waals surface area contributed by atoms with Crippen molar-refractivity contribution in [2.45, 2.75) is 71.1 Å². The summed E-state index contributed by atoms with van der Waals surface area (Å²) in [6.07, 6.45) is 12.6. The van der Waals surface area contributed by atoms with Gasteiger partial charge in [0.05, 0.1) is 5.56 Å². The molecule has 0 heterocycles. The molecule has 1 aromatic rings. The van der Waals surface area contributed by atoms with E-state index < -0.39 is 0 Å². The molecule has 130 valence electrons. The minimum absolute atomic E-state index is 0.122. The van der Waals surface area contributed by atoms with Gasteiger partial charge in [-0.25, -0.2) is 0 Å². The summed E-state index contributed by atoms with van der Waals surface area (Å²) in [5, 5.41) is 21.8. The van der Waals surface area contributed by atoms with Gasteiger partial charge in [-0.2, -0.15) is 0 Å². The molecule has 1 amide bonds. The molecule has 4 heteroatoms. The van der Waals surface area contributed by atoms with Crippen LogP contribution in [0.5, 0.6) is 11.5 Å². The van der Waals surface area contributed by atoms with E-state index in [1.165, 1.54) is 63.5 Å². The highest BCUT2D eigenvalue weighted by Crippen LogP contribution is 2.27. The first-order valence-corrected chi connectivity index (χ1v) is 8.96. The maximum Gasteiger partial charge on any atom is 0.255 e. The maximum absolute atomic E-state index is 11.9. The Morgan fingerprint density at radius 3 is 2.09 bits per heavy atom. The van der Waals surface area contributed by atoms with Crippen LogP contribution in [0.15, 0.2) is 18.2 Å². The van der Waals surface area contributed by atoms with Crippen molar-refractivity contribution in [3.8, 4) is 11.5 Å². The van der Waals surface area contributed by atoms with E-state index in [1.54, 1.807) is 6.07 Å². The van der Waals surface area contributed by atoms with Crippen molar-refractivity contribution in [3.05, 3.63) is 23.8 Å². The number of rotatable bonds is 12. The first kappa shape index (κ1) is 19.3. The molecule has 0 saturated heterocycles. The topological polar surface area (TPSA) is 69.6 Å². The second-order valence-electron chi connectivity index (χ2n) is 6.11. The van der Waals surface area contributed by atoms with Crippen molar-refractivity contribution in [3.63, 3.8) is 0 Å². The Morgan fingerprint density at radius 1 is 0.913 bits per heavy atom. The fraction of sp³-hybridized carbons (Fsp3) is 0.632. The molecular weight excluding hydrogens is 290 g/mol. The number of hydrogen-bond acceptors (Lipinski definition) is 3. The first-order valence-electron chi connectivity index (χ1n) is 8.96. The van der Waals surface area contributed by atoms with Crippen LogP contribution in [0.3, 0.4) is 0 Å². The van der Waals surface area contributed by atoms with Gasteiger partial charge in [0.1, 0.15) is 0 Å². The normalized spacial score (nSPS) is 10.7. The number of aromatic hydroxyl groups is 2. The standard InChI is InChI=1S/C19H31NO3/c1-2-3-4-5-6-7-8-9-10-11-15-20-19(23)16-13-12-14-17(21)18(16)22/h12-14,21-22H,2-11,15H2,1H3,(H,20,23). The van der Waals surface area contributed by atoms with Crippen molar-refractivity contribution in [1.29, 1.82) is 0 Å². The average molecular weight is 321 g/mol. The lowest BCUT2D eigenvalue weighted by molar-refractivity contribution is 0.0949. The number of unbranched alkanes of at least 4 members (excludes halogenated alkanes) is 9. The summed E-state index contributed by atoms with van der Waals surface area (Å²) in [7, 11) is 0. The van der Waals surface area contributed by atoms with Gasteiger partial charge in [0, 0.05) is 6.54 Å². The number of phenols is 2. The van der Waals surface area contributed by atoms with Crippen LogP contribution in [0, 0.1) is 0 Å². The van der Waals surface area contributed by atoms with E-state index in [-0.39, 0.29) is 23.0 Å². The Balaban J connectivity index is 2.03. The summed E-state index contributed by atoms with van der Waals surface area (Å²) < 4.78 is 0. The predicted octanol–water partition coefficient (Wildman–Crippen LogP) is 4.75. The molecule has 0 spiro atoms. The van der Waals surface area contributed by atoms with E-state index in [0.717, 1.165) is 12.8 Å². The van der Waals surface area contributed by atoms with E-state index in [1.807, 2.05) is 0 Å².